The summed E-state index contributed by atoms with van der Waals surface area (Å²) in [4.78, 5) is 26.9. The molecular weight excluding hydrogens is 342 g/mol. The molecule has 1 aliphatic carbocycles. The average Bonchev–Trinajstić information content (AvgIpc) is 3.33. The van der Waals surface area contributed by atoms with Crippen molar-refractivity contribution in [2.24, 2.45) is 5.41 Å². The number of nitrogens with zero attached hydrogens (tertiary/aromatic N) is 3. The van der Waals surface area contributed by atoms with Crippen LogP contribution in [-0.4, -0.2) is 58.7 Å². The fraction of sp³-hybridized carbons (Fsp3) is 0.750. The number of amides is 2. The molecule has 3 aliphatic rings. The second-order valence-corrected chi connectivity index (χ2v) is 8.55. The Morgan fingerprint density at radius 1 is 1.19 bits per heavy atom. The van der Waals surface area contributed by atoms with Crippen molar-refractivity contribution in [2.75, 3.05) is 26.2 Å². The molecule has 1 saturated carbocycles. The molecule has 148 valence electrons. The van der Waals surface area contributed by atoms with Crippen molar-refractivity contribution in [2.45, 2.75) is 64.0 Å². The first-order chi connectivity index (χ1) is 13.1. The number of nitrogens with one attached hydrogen (secondary N) is 2. The summed E-state index contributed by atoms with van der Waals surface area (Å²) in [6, 6.07) is 0.300. The zero-order valence-electron chi connectivity index (χ0n) is 16.1. The van der Waals surface area contributed by atoms with E-state index in [0.717, 1.165) is 51.9 Å². The number of aromatic nitrogens is 2. The van der Waals surface area contributed by atoms with E-state index in [1.807, 2.05) is 4.90 Å². The monoisotopic (exact) mass is 373 g/mol. The van der Waals surface area contributed by atoms with E-state index >= 15 is 0 Å². The minimum absolute atomic E-state index is 0.0161. The fourth-order valence-electron chi connectivity index (χ4n) is 4.82. The molecule has 2 aliphatic heterocycles. The minimum atomic E-state index is -0.0161. The van der Waals surface area contributed by atoms with Crippen molar-refractivity contribution in [1.82, 2.24) is 25.3 Å². The number of carbonyl (C=O) groups is 2. The molecule has 0 aromatic carbocycles. The molecule has 0 radical (unpaired) electrons. The van der Waals surface area contributed by atoms with Gasteiger partial charge in [-0.1, -0.05) is 19.3 Å². The molecule has 0 unspecified atom stereocenters. The van der Waals surface area contributed by atoms with Crippen LogP contribution in [0.25, 0.3) is 0 Å². The van der Waals surface area contributed by atoms with Crippen molar-refractivity contribution in [3.05, 3.63) is 18.0 Å². The average molecular weight is 374 g/mol. The first-order valence-electron chi connectivity index (χ1n) is 10.5. The molecule has 2 saturated heterocycles. The lowest BCUT2D eigenvalue weighted by molar-refractivity contribution is -0.122. The number of carbonyl (C=O) groups excluding carboxylic acids is 2. The number of piperidine rings is 1. The van der Waals surface area contributed by atoms with Gasteiger partial charge in [0.25, 0.3) is 5.91 Å². The van der Waals surface area contributed by atoms with E-state index in [1.54, 1.807) is 17.1 Å². The largest absolute Gasteiger partial charge is 0.352 e. The zero-order valence-corrected chi connectivity index (χ0v) is 16.1. The van der Waals surface area contributed by atoms with Crippen LogP contribution in [0.3, 0.4) is 0 Å². The third-order valence-electron chi connectivity index (χ3n) is 6.60. The molecule has 3 fully saturated rings. The Balaban J connectivity index is 1.28. The molecule has 3 heterocycles. The van der Waals surface area contributed by atoms with E-state index in [0.29, 0.717) is 17.0 Å². The van der Waals surface area contributed by atoms with Crippen LogP contribution < -0.4 is 10.6 Å². The first-order valence-corrected chi connectivity index (χ1v) is 10.5. The van der Waals surface area contributed by atoms with E-state index in [4.69, 9.17) is 0 Å². The SMILES string of the molecule is O=C(Cn1cc(C(=O)N2CCC3(CCNC3)CC2)cn1)NC1CCCCC1. The van der Waals surface area contributed by atoms with Crippen LogP contribution in [0.15, 0.2) is 12.4 Å². The quantitative estimate of drug-likeness (QED) is 0.839. The van der Waals surface area contributed by atoms with Crippen LogP contribution in [-0.2, 0) is 11.3 Å². The van der Waals surface area contributed by atoms with Crippen LogP contribution in [0.4, 0.5) is 0 Å². The van der Waals surface area contributed by atoms with Gasteiger partial charge >= 0.3 is 0 Å². The van der Waals surface area contributed by atoms with Gasteiger partial charge in [-0.05, 0) is 44.1 Å². The Morgan fingerprint density at radius 2 is 1.96 bits per heavy atom. The number of likely N-dealkylation sites (tertiary alicyclic amines) is 1. The van der Waals surface area contributed by atoms with E-state index in [2.05, 4.69) is 15.7 Å². The molecule has 7 heteroatoms. The fourth-order valence-corrected chi connectivity index (χ4v) is 4.82. The molecule has 0 bridgehead atoms. The minimum Gasteiger partial charge on any atom is -0.352 e. The number of rotatable bonds is 4. The van der Waals surface area contributed by atoms with Crippen LogP contribution >= 0.6 is 0 Å². The molecule has 0 atom stereocenters. The third-order valence-corrected chi connectivity index (χ3v) is 6.60. The Morgan fingerprint density at radius 3 is 2.67 bits per heavy atom. The summed E-state index contributed by atoms with van der Waals surface area (Å²) >= 11 is 0. The number of hydrogen-bond donors (Lipinski definition) is 2. The summed E-state index contributed by atoms with van der Waals surface area (Å²) in [7, 11) is 0. The van der Waals surface area contributed by atoms with Crippen molar-refractivity contribution in [1.29, 1.82) is 0 Å². The van der Waals surface area contributed by atoms with Gasteiger partial charge in [0.1, 0.15) is 6.54 Å². The highest BCUT2D eigenvalue weighted by molar-refractivity contribution is 5.93. The van der Waals surface area contributed by atoms with Crippen LogP contribution in [0.2, 0.25) is 0 Å². The highest BCUT2D eigenvalue weighted by atomic mass is 16.2. The van der Waals surface area contributed by atoms with Gasteiger partial charge in [0.2, 0.25) is 5.91 Å². The van der Waals surface area contributed by atoms with Crippen molar-refractivity contribution < 1.29 is 9.59 Å². The molecule has 2 amide bonds. The van der Waals surface area contributed by atoms with Gasteiger partial charge in [-0.3, -0.25) is 14.3 Å². The Hall–Kier alpha value is -1.89. The van der Waals surface area contributed by atoms with Crippen LogP contribution in [0.1, 0.15) is 61.7 Å². The van der Waals surface area contributed by atoms with Crippen molar-refractivity contribution in [3.63, 3.8) is 0 Å². The lowest BCUT2D eigenvalue weighted by atomic mass is 9.78. The maximum absolute atomic E-state index is 12.8. The molecule has 2 N–H and O–H groups in total. The topological polar surface area (TPSA) is 79.3 Å². The standard InChI is InChI=1S/C20H31N5O2/c26-18(23-17-4-2-1-3-5-17)14-25-13-16(12-22-25)19(27)24-10-7-20(8-11-24)6-9-21-15-20/h12-13,17,21H,1-11,14-15H2,(H,23,26). The third kappa shape index (κ3) is 4.34. The Kier molecular flexibility index (Phi) is 5.48. The van der Waals surface area contributed by atoms with Gasteiger partial charge < -0.3 is 15.5 Å². The maximum atomic E-state index is 12.8. The smallest absolute Gasteiger partial charge is 0.257 e. The highest BCUT2D eigenvalue weighted by Gasteiger charge is 2.38. The maximum Gasteiger partial charge on any atom is 0.257 e. The molecule has 4 rings (SSSR count). The molecule has 1 spiro atoms. The molecule has 1 aromatic rings. The summed E-state index contributed by atoms with van der Waals surface area (Å²) in [5.74, 6) is 0.0207. The summed E-state index contributed by atoms with van der Waals surface area (Å²) in [5.41, 5.74) is 0.985. The first kappa shape index (κ1) is 18.5. The predicted molar refractivity (Wildman–Crippen MR) is 102 cm³/mol. The van der Waals surface area contributed by atoms with E-state index in [-0.39, 0.29) is 18.4 Å². The molecular formula is C20H31N5O2. The number of hydrogen-bond acceptors (Lipinski definition) is 4. The van der Waals surface area contributed by atoms with E-state index in [1.165, 1.54) is 25.7 Å². The summed E-state index contributed by atoms with van der Waals surface area (Å²) in [6.45, 7) is 3.99. The van der Waals surface area contributed by atoms with Gasteiger partial charge in [0.15, 0.2) is 0 Å². The van der Waals surface area contributed by atoms with E-state index < -0.39 is 0 Å². The molecule has 27 heavy (non-hydrogen) atoms. The molecule has 7 nitrogen and oxygen atoms in total. The molecule has 1 aromatic heterocycles. The van der Waals surface area contributed by atoms with Crippen LogP contribution in [0.5, 0.6) is 0 Å². The van der Waals surface area contributed by atoms with Gasteiger partial charge in [-0.25, -0.2) is 0 Å². The normalized spacial score (nSPS) is 22.9. The highest BCUT2D eigenvalue weighted by Crippen LogP contribution is 2.37. The summed E-state index contributed by atoms with van der Waals surface area (Å²) in [6.07, 6.45) is 12.5. The lowest BCUT2D eigenvalue weighted by Gasteiger charge is -2.38. The second-order valence-electron chi connectivity index (χ2n) is 8.55. The summed E-state index contributed by atoms with van der Waals surface area (Å²) in [5, 5.41) is 10.8. The van der Waals surface area contributed by atoms with Gasteiger partial charge in [-0.15, -0.1) is 0 Å². The van der Waals surface area contributed by atoms with Crippen LogP contribution in [0, 0.1) is 5.41 Å². The predicted octanol–water partition coefficient (Wildman–Crippen LogP) is 1.55. The van der Waals surface area contributed by atoms with Crippen molar-refractivity contribution in [3.8, 4) is 0 Å². The van der Waals surface area contributed by atoms with Gasteiger partial charge in [0, 0.05) is 31.9 Å². The Bertz CT molecular complexity index is 664. The van der Waals surface area contributed by atoms with Gasteiger partial charge in [-0.2, -0.15) is 5.10 Å². The van der Waals surface area contributed by atoms with Gasteiger partial charge in [0.05, 0.1) is 11.8 Å². The Labute approximate surface area is 160 Å². The zero-order chi connectivity index (χ0) is 18.7. The van der Waals surface area contributed by atoms with Crippen molar-refractivity contribution >= 4 is 11.8 Å². The second kappa shape index (κ2) is 8.00. The lowest BCUT2D eigenvalue weighted by Crippen LogP contribution is -2.44. The summed E-state index contributed by atoms with van der Waals surface area (Å²) < 4.78 is 1.58. The van der Waals surface area contributed by atoms with E-state index in [9.17, 15) is 9.59 Å².